The van der Waals surface area contributed by atoms with Crippen molar-refractivity contribution in [3.05, 3.63) is 0 Å². The molecule has 1 atom stereocenters. The number of nitrogens with two attached hydrogens (primary N) is 1. The van der Waals surface area contributed by atoms with Crippen LogP contribution in [0.1, 0.15) is 33.6 Å². The lowest BCUT2D eigenvalue weighted by Crippen LogP contribution is -2.42. The molecule has 0 radical (unpaired) electrons. The summed E-state index contributed by atoms with van der Waals surface area (Å²) in [4.78, 5) is 10.4. The Morgan fingerprint density at radius 2 is 2.14 bits per heavy atom. The van der Waals surface area contributed by atoms with Crippen molar-refractivity contribution in [2.45, 2.75) is 39.2 Å². The second kappa shape index (κ2) is 5.98. The molecule has 0 fully saturated rings. The van der Waals surface area contributed by atoms with Crippen molar-refractivity contribution < 1.29 is 9.90 Å². The van der Waals surface area contributed by atoms with Crippen LogP contribution < -0.4 is 11.1 Å². The molecule has 0 saturated carbocycles. The van der Waals surface area contributed by atoms with Gasteiger partial charge in [-0.3, -0.25) is 4.79 Å². The number of amides is 1. The summed E-state index contributed by atoms with van der Waals surface area (Å²) in [6.45, 7) is 7.02. The molecule has 0 saturated heterocycles. The monoisotopic (exact) mass is 202 g/mol. The van der Waals surface area contributed by atoms with Crippen molar-refractivity contribution >= 4 is 5.91 Å². The summed E-state index contributed by atoms with van der Waals surface area (Å²) in [5.41, 5.74) is 4.30. The first-order chi connectivity index (χ1) is 6.36. The SMILES string of the molecule is CC(C)C(C)(O)CNCCCC(N)=O. The summed E-state index contributed by atoms with van der Waals surface area (Å²) in [5.74, 6) is -0.0615. The molecule has 0 aromatic rings. The molecule has 14 heavy (non-hydrogen) atoms. The Hall–Kier alpha value is -0.610. The molecule has 1 amide bonds. The van der Waals surface area contributed by atoms with Gasteiger partial charge >= 0.3 is 0 Å². The molecule has 4 heteroatoms. The number of primary amides is 1. The van der Waals surface area contributed by atoms with E-state index in [4.69, 9.17) is 5.73 Å². The van der Waals surface area contributed by atoms with Crippen LogP contribution in [0.15, 0.2) is 0 Å². The Morgan fingerprint density at radius 3 is 2.57 bits per heavy atom. The summed E-state index contributed by atoms with van der Waals surface area (Å²) >= 11 is 0. The molecule has 0 spiro atoms. The number of rotatable bonds is 7. The lowest BCUT2D eigenvalue weighted by molar-refractivity contribution is -0.118. The van der Waals surface area contributed by atoms with Gasteiger partial charge in [0.15, 0.2) is 0 Å². The smallest absolute Gasteiger partial charge is 0.217 e. The van der Waals surface area contributed by atoms with Gasteiger partial charge in [-0.2, -0.15) is 0 Å². The van der Waals surface area contributed by atoms with Gasteiger partial charge in [-0.25, -0.2) is 0 Å². The van der Waals surface area contributed by atoms with E-state index in [2.05, 4.69) is 5.32 Å². The molecule has 0 aromatic carbocycles. The first-order valence-corrected chi connectivity index (χ1v) is 5.07. The van der Waals surface area contributed by atoms with Gasteiger partial charge in [0.25, 0.3) is 0 Å². The Balaban J connectivity index is 3.49. The largest absolute Gasteiger partial charge is 0.389 e. The van der Waals surface area contributed by atoms with Gasteiger partial charge in [0, 0.05) is 13.0 Å². The highest BCUT2D eigenvalue weighted by atomic mass is 16.3. The molecule has 0 rings (SSSR count). The maximum atomic E-state index is 10.4. The highest BCUT2D eigenvalue weighted by Crippen LogP contribution is 2.14. The zero-order valence-corrected chi connectivity index (χ0v) is 9.34. The average molecular weight is 202 g/mol. The van der Waals surface area contributed by atoms with E-state index in [1.165, 1.54) is 0 Å². The van der Waals surface area contributed by atoms with Crippen LogP contribution in [-0.2, 0) is 4.79 Å². The zero-order valence-electron chi connectivity index (χ0n) is 9.34. The van der Waals surface area contributed by atoms with Gasteiger partial charge in [-0.15, -0.1) is 0 Å². The normalized spacial score (nSPS) is 15.5. The molecule has 0 aliphatic heterocycles. The molecule has 4 nitrogen and oxygen atoms in total. The highest BCUT2D eigenvalue weighted by molar-refractivity contribution is 5.73. The van der Waals surface area contributed by atoms with E-state index in [1.54, 1.807) is 6.92 Å². The quantitative estimate of drug-likeness (QED) is 0.518. The number of carbonyl (C=O) groups is 1. The van der Waals surface area contributed by atoms with Crippen molar-refractivity contribution in [2.75, 3.05) is 13.1 Å². The van der Waals surface area contributed by atoms with Crippen molar-refractivity contribution in [2.24, 2.45) is 11.7 Å². The van der Waals surface area contributed by atoms with Gasteiger partial charge in [-0.1, -0.05) is 13.8 Å². The molecular weight excluding hydrogens is 180 g/mol. The molecule has 84 valence electrons. The van der Waals surface area contributed by atoms with Crippen molar-refractivity contribution in [3.8, 4) is 0 Å². The molecule has 4 N–H and O–H groups in total. The molecule has 0 aromatic heterocycles. The second-order valence-electron chi connectivity index (χ2n) is 4.26. The molecular formula is C10H22N2O2. The zero-order chi connectivity index (χ0) is 11.2. The van der Waals surface area contributed by atoms with E-state index in [9.17, 15) is 9.90 Å². The molecule has 0 bridgehead atoms. The van der Waals surface area contributed by atoms with Crippen LogP contribution in [0.4, 0.5) is 0 Å². The number of nitrogens with one attached hydrogen (secondary N) is 1. The predicted molar refractivity (Wildman–Crippen MR) is 56.8 cm³/mol. The fourth-order valence-electron chi connectivity index (χ4n) is 0.933. The fourth-order valence-corrected chi connectivity index (χ4v) is 0.933. The number of hydrogen-bond donors (Lipinski definition) is 3. The van der Waals surface area contributed by atoms with Crippen molar-refractivity contribution in [1.29, 1.82) is 0 Å². The van der Waals surface area contributed by atoms with E-state index in [1.807, 2.05) is 13.8 Å². The average Bonchev–Trinajstić information content (AvgIpc) is 2.02. The topological polar surface area (TPSA) is 75.3 Å². The van der Waals surface area contributed by atoms with E-state index in [0.717, 1.165) is 6.42 Å². The minimum atomic E-state index is -0.688. The van der Waals surface area contributed by atoms with Crippen LogP contribution >= 0.6 is 0 Å². The number of aliphatic hydroxyl groups is 1. The maximum absolute atomic E-state index is 10.4. The van der Waals surface area contributed by atoms with Crippen molar-refractivity contribution in [1.82, 2.24) is 5.32 Å². The minimum Gasteiger partial charge on any atom is -0.389 e. The van der Waals surface area contributed by atoms with Gasteiger partial charge in [0.1, 0.15) is 0 Å². The maximum Gasteiger partial charge on any atom is 0.217 e. The van der Waals surface area contributed by atoms with Crippen molar-refractivity contribution in [3.63, 3.8) is 0 Å². The Kier molecular flexibility index (Phi) is 5.72. The third-order valence-electron chi connectivity index (χ3n) is 2.50. The fraction of sp³-hybridized carbons (Fsp3) is 0.900. The lowest BCUT2D eigenvalue weighted by atomic mass is 9.92. The van der Waals surface area contributed by atoms with Gasteiger partial charge < -0.3 is 16.2 Å². The lowest BCUT2D eigenvalue weighted by Gasteiger charge is -2.27. The van der Waals surface area contributed by atoms with Crippen LogP contribution in [0.3, 0.4) is 0 Å². The van der Waals surface area contributed by atoms with E-state index in [0.29, 0.717) is 19.5 Å². The third-order valence-corrected chi connectivity index (χ3v) is 2.50. The molecule has 0 heterocycles. The number of hydrogen-bond acceptors (Lipinski definition) is 3. The Labute approximate surface area is 85.9 Å². The van der Waals surface area contributed by atoms with Crippen LogP contribution in [-0.4, -0.2) is 29.7 Å². The van der Waals surface area contributed by atoms with Gasteiger partial charge in [0.05, 0.1) is 5.60 Å². The summed E-state index contributed by atoms with van der Waals surface area (Å²) in [6.07, 6.45) is 1.13. The minimum absolute atomic E-state index is 0.214. The highest BCUT2D eigenvalue weighted by Gasteiger charge is 2.23. The van der Waals surface area contributed by atoms with Gasteiger partial charge in [-0.05, 0) is 25.8 Å². The van der Waals surface area contributed by atoms with Crippen LogP contribution in [0.2, 0.25) is 0 Å². The molecule has 0 aliphatic carbocycles. The van der Waals surface area contributed by atoms with E-state index < -0.39 is 5.60 Å². The standard InChI is InChI=1S/C10H22N2O2/c1-8(2)10(3,14)7-12-6-4-5-9(11)13/h8,12,14H,4-7H2,1-3H3,(H2,11,13). The molecule has 1 unspecified atom stereocenters. The Bertz CT molecular complexity index is 179. The van der Waals surface area contributed by atoms with Crippen LogP contribution in [0.5, 0.6) is 0 Å². The third kappa shape index (κ3) is 5.94. The van der Waals surface area contributed by atoms with E-state index in [-0.39, 0.29) is 11.8 Å². The molecule has 0 aliphatic rings. The van der Waals surface area contributed by atoms with Gasteiger partial charge in [0.2, 0.25) is 5.91 Å². The first kappa shape index (κ1) is 13.4. The summed E-state index contributed by atoms with van der Waals surface area (Å²) in [6, 6.07) is 0. The predicted octanol–water partition coefficient (Wildman–Crippen LogP) is 0.249. The summed E-state index contributed by atoms with van der Waals surface area (Å²) in [7, 11) is 0. The first-order valence-electron chi connectivity index (χ1n) is 5.07. The van der Waals surface area contributed by atoms with E-state index >= 15 is 0 Å². The summed E-state index contributed by atoms with van der Waals surface area (Å²) < 4.78 is 0. The van der Waals surface area contributed by atoms with Crippen LogP contribution in [0, 0.1) is 5.92 Å². The second-order valence-corrected chi connectivity index (χ2v) is 4.26. The Morgan fingerprint density at radius 1 is 1.57 bits per heavy atom. The van der Waals surface area contributed by atoms with Crippen LogP contribution in [0.25, 0.3) is 0 Å². The number of carbonyl (C=O) groups excluding carboxylic acids is 1. The summed E-state index contributed by atoms with van der Waals surface area (Å²) in [5, 5.41) is 13.0.